The number of H-pyrrole nitrogens is 1. The van der Waals surface area contributed by atoms with Gasteiger partial charge < -0.3 is 9.72 Å². The Kier molecular flexibility index (Phi) is 3.70. The minimum absolute atomic E-state index is 0.316. The zero-order valence-corrected chi connectivity index (χ0v) is 14.0. The number of aromatic nitrogens is 2. The second-order valence-electron chi connectivity index (χ2n) is 5.40. The Bertz CT molecular complexity index is 1160. The van der Waals surface area contributed by atoms with E-state index in [0.717, 1.165) is 16.0 Å². The van der Waals surface area contributed by atoms with Gasteiger partial charge in [0.15, 0.2) is 5.13 Å². The van der Waals surface area contributed by atoms with Gasteiger partial charge in [-0.15, -0.1) is 0 Å². The minimum atomic E-state index is -0.367. The first-order valence-corrected chi connectivity index (χ1v) is 8.34. The van der Waals surface area contributed by atoms with Gasteiger partial charge in [0.25, 0.3) is 5.91 Å². The molecule has 7 heteroatoms. The summed E-state index contributed by atoms with van der Waals surface area (Å²) in [7, 11) is 1.60. The fraction of sp³-hybridized carbons (Fsp3) is 0.0556. The van der Waals surface area contributed by atoms with Crippen LogP contribution in [-0.2, 0) is 0 Å². The van der Waals surface area contributed by atoms with Gasteiger partial charge in [-0.05, 0) is 24.3 Å². The predicted molar refractivity (Wildman–Crippen MR) is 98.7 cm³/mol. The summed E-state index contributed by atoms with van der Waals surface area (Å²) in [6.07, 6.45) is 0. The van der Waals surface area contributed by atoms with Crippen molar-refractivity contribution in [3.05, 3.63) is 64.4 Å². The van der Waals surface area contributed by atoms with Gasteiger partial charge in [0.05, 0.1) is 22.9 Å². The van der Waals surface area contributed by atoms with Gasteiger partial charge >= 0.3 is 0 Å². The number of aromatic amines is 1. The fourth-order valence-electron chi connectivity index (χ4n) is 2.64. The van der Waals surface area contributed by atoms with Crippen molar-refractivity contribution in [1.29, 1.82) is 0 Å². The zero-order chi connectivity index (χ0) is 17.4. The first-order valence-electron chi connectivity index (χ1n) is 7.52. The maximum atomic E-state index is 12.7. The van der Waals surface area contributed by atoms with Gasteiger partial charge in [-0.25, -0.2) is 4.98 Å². The molecule has 0 atom stereocenters. The largest absolute Gasteiger partial charge is 0.497 e. The maximum absolute atomic E-state index is 12.7. The predicted octanol–water partition coefficient (Wildman–Crippen LogP) is 3.40. The van der Waals surface area contributed by atoms with Crippen molar-refractivity contribution < 1.29 is 9.53 Å². The van der Waals surface area contributed by atoms with E-state index in [0.29, 0.717) is 21.6 Å². The van der Waals surface area contributed by atoms with E-state index in [-0.39, 0.29) is 11.5 Å². The number of pyridine rings is 1. The van der Waals surface area contributed by atoms with E-state index in [4.69, 9.17) is 4.74 Å². The number of benzene rings is 2. The number of hydrogen-bond acceptors (Lipinski definition) is 5. The van der Waals surface area contributed by atoms with Gasteiger partial charge in [0, 0.05) is 17.0 Å². The van der Waals surface area contributed by atoms with Crippen molar-refractivity contribution in [1.82, 2.24) is 9.97 Å². The van der Waals surface area contributed by atoms with E-state index >= 15 is 0 Å². The fourth-order valence-corrected chi connectivity index (χ4v) is 3.53. The summed E-state index contributed by atoms with van der Waals surface area (Å²) in [5, 5.41) is 3.93. The van der Waals surface area contributed by atoms with Crippen LogP contribution in [-0.4, -0.2) is 23.0 Å². The lowest BCUT2D eigenvalue weighted by Crippen LogP contribution is -2.16. The molecule has 2 heterocycles. The standard InChI is InChI=1S/C18H13N3O3S/c1-24-10-6-7-14-15(8-10)25-18(20-14)21-17(23)12-9-16(22)19-13-5-3-2-4-11(12)13/h2-9H,1H3,(H,19,22)(H,20,21,23). The lowest BCUT2D eigenvalue weighted by molar-refractivity contribution is 0.102. The van der Waals surface area contributed by atoms with E-state index in [1.54, 1.807) is 25.3 Å². The molecule has 0 aliphatic rings. The van der Waals surface area contributed by atoms with Gasteiger partial charge in [-0.1, -0.05) is 29.5 Å². The molecule has 0 saturated carbocycles. The Hall–Kier alpha value is -3.19. The van der Waals surface area contributed by atoms with E-state index in [1.165, 1.54) is 17.4 Å². The van der Waals surface area contributed by atoms with Crippen LogP contribution in [0.25, 0.3) is 21.1 Å². The first kappa shape index (κ1) is 15.3. The summed E-state index contributed by atoms with van der Waals surface area (Å²) in [5.74, 6) is 0.364. The molecule has 0 aliphatic carbocycles. The van der Waals surface area contributed by atoms with Crippen molar-refractivity contribution in [2.75, 3.05) is 12.4 Å². The number of fused-ring (bicyclic) bond motifs is 2. The number of carbonyl (C=O) groups is 1. The molecule has 0 saturated heterocycles. The molecule has 0 fully saturated rings. The molecular weight excluding hydrogens is 338 g/mol. The van der Waals surface area contributed by atoms with Gasteiger partial charge in [-0.2, -0.15) is 0 Å². The molecule has 0 unspecified atom stereocenters. The number of ether oxygens (including phenoxy) is 1. The Morgan fingerprint density at radius 2 is 2.04 bits per heavy atom. The van der Waals surface area contributed by atoms with Crippen molar-refractivity contribution in [2.24, 2.45) is 0 Å². The molecule has 0 spiro atoms. The third kappa shape index (κ3) is 2.85. The number of nitrogens with zero attached hydrogens (tertiary/aromatic N) is 1. The molecule has 0 bridgehead atoms. The molecule has 2 N–H and O–H groups in total. The van der Waals surface area contributed by atoms with Crippen LogP contribution in [0.2, 0.25) is 0 Å². The average Bonchev–Trinajstić information content (AvgIpc) is 3.01. The molecule has 0 aliphatic heterocycles. The van der Waals surface area contributed by atoms with Crippen LogP contribution < -0.4 is 15.6 Å². The van der Waals surface area contributed by atoms with Gasteiger partial charge in [0.1, 0.15) is 5.75 Å². The molecule has 4 rings (SSSR count). The third-order valence-corrected chi connectivity index (χ3v) is 4.74. The highest BCUT2D eigenvalue weighted by Gasteiger charge is 2.14. The number of carbonyl (C=O) groups excluding carboxylic acids is 1. The summed E-state index contributed by atoms with van der Waals surface area (Å²) >= 11 is 1.35. The van der Waals surface area contributed by atoms with Crippen LogP contribution in [0.3, 0.4) is 0 Å². The van der Waals surface area contributed by atoms with Gasteiger partial charge in [0.2, 0.25) is 5.56 Å². The Morgan fingerprint density at radius 1 is 1.20 bits per heavy atom. The van der Waals surface area contributed by atoms with E-state index in [1.807, 2.05) is 24.3 Å². The maximum Gasteiger partial charge on any atom is 0.258 e. The molecule has 4 aromatic rings. The lowest BCUT2D eigenvalue weighted by atomic mass is 10.1. The summed E-state index contributed by atoms with van der Waals surface area (Å²) in [5.41, 5.74) is 1.39. The summed E-state index contributed by atoms with van der Waals surface area (Å²) in [6, 6.07) is 14.0. The number of hydrogen-bond donors (Lipinski definition) is 2. The molecule has 6 nitrogen and oxygen atoms in total. The quantitative estimate of drug-likeness (QED) is 0.592. The Balaban J connectivity index is 1.72. The number of rotatable bonds is 3. The van der Waals surface area contributed by atoms with Crippen LogP contribution in [0.4, 0.5) is 5.13 Å². The van der Waals surface area contributed by atoms with Crippen molar-refractivity contribution >= 4 is 43.5 Å². The normalized spacial score (nSPS) is 10.9. The highest BCUT2D eigenvalue weighted by atomic mass is 32.1. The molecule has 25 heavy (non-hydrogen) atoms. The summed E-state index contributed by atoms with van der Waals surface area (Å²) in [6.45, 7) is 0. The van der Waals surface area contributed by atoms with Crippen LogP contribution in [0.1, 0.15) is 10.4 Å². The summed E-state index contributed by atoms with van der Waals surface area (Å²) in [4.78, 5) is 31.6. The number of para-hydroxylation sites is 1. The number of amides is 1. The highest BCUT2D eigenvalue weighted by molar-refractivity contribution is 7.22. The highest BCUT2D eigenvalue weighted by Crippen LogP contribution is 2.29. The van der Waals surface area contributed by atoms with E-state index in [9.17, 15) is 9.59 Å². The summed E-state index contributed by atoms with van der Waals surface area (Å²) < 4.78 is 6.10. The topological polar surface area (TPSA) is 84.1 Å². The molecule has 1 amide bonds. The minimum Gasteiger partial charge on any atom is -0.497 e. The Morgan fingerprint density at radius 3 is 2.88 bits per heavy atom. The molecule has 0 radical (unpaired) electrons. The van der Waals surface area contributed by atoms with Crippen LogP contribution >= 0.6 is 11.3 Å². The number of nitrogens with one attached hydrogen (secondary N) is 2. The van der Waals surface area contributed by atoms with Crippen molar-refractivity contribution in [3.8, 4) is 5.75 Å². The molecular formula is C18H13N3O3S. The number of anilines is 1. The van der Waals surface area contributed by atoms with Crippen LogP contribution in [0.15, 0.2) is 53.3 Å². The van der Waals surface area contributed by atoms with Crippen molar-refractivity contribution in [2.45, 2.75) is 0 Å². The van der Waals surface area contributed by atoms with E-state index in [2.05, 4.69) is 15.3 Å². The Labute approximate surface area is 146 Å². The average molecular weight is 351 g/mol. The smallest absolute Gasteiger partial charge is 0.258 e. The molecule has 2 aromatic heterocycles. The number of thiazole rings is 1. The molecule has 124 valence electrons. The van der Waals surface area contributed by atoms with Crippen molar-refractivity contribution in [3.63, 3.8) is 0 Å². The molecule has 2 aromatic carbocycles. The monoisotopic (exact) mass is 351 g/mol. The second-order valence-corrected chi connectivity index (χ2v) is 6.43. The van der Waals surface area contributed by atoms with E-state index < -0.39 is 0 Å². The SMILES string of the molecule is COc1ccc2nc(NC(=O)c3cc(=O)[nH]c4ccccc34)sc2c1. The third-order valence-electron chi connectivity index (χ3n) is 3.81. The number of methoxy groups -OCH3 is 1. The second kappa shape index (κ2) is 6.03. The van der Waals surface area contributed by atoms with Crippen LogP contribution in [0, 0.1) is 0 Å². The van der Waals surface area contributed by atoms with Gasteiger partial charge in [-0.3, -0.25) is 14.9 Å². The lowest BCUT2D eigenvalue weighted by Gasteiger charge is -2.05. The zero-order valence-electron chi connectivity index (χ0n) is 13.2. The van der Waals surface area contributed by atoms with Crippen LogP contribution in [0.5, 0.6) is 5.75 Å². The first-order chi connectivity index (χ1) is 12.1.